The maximum Gasteiger partial charge on any atom is 0.132 e. The molecule has 4 rings (SSSR count). The van der Waals surface area contributed by atoms with Crippen molar-refractivity contribution in [2.24, 2.45) is 0 Å². The minimum absolute atomic E-state index is 0. The Hall–Kier alpha value is -1.99. The van der Waals surface area contributed by atoms with E-state index >= 15 is 0 Å². The molecule has 1 N–H and O–H groups in total. The van der Waals surface area contributed by atoms with Gasteiger partial charge in [-0.05, 0) is 55.0 Å². The van der Waals surface area contributed by atoms with E-state index in [9.17, 15) is 5.11 Å². The number of hydrogen-bond acceptors (Lipinski definition) is 3. The van der Waals surface area contributed by atoms with E-state index in [-0.39, 0.29) is 30.0 Å². The zero-order valence-electron chi connectivity index (χ0n) is 19.4. The summed E-state index contributed by atoms with van der Waals surface area (Å²) in [5.41, 5.74) is 5.28. The highest BCUT2D eigenvalue weighted by molar-refractivity contribution is 6.05. The number of methoxy groups -OCH3 is 2. The van der Waals surface area contributed by atoms with Gasteiger partial charge in [-0.2, -0.15) is 0 Å². The number of ether oxygens (including phenoxy) is 2. The number of fused-ring (bicyclic) bond motifs is 2. The van der Waals surface area contributed by atoms with Gasteiger partial charge in [0, 0.05) is 12.0 Å². The van der Waals surface area contributed by atoms with E-state index in [0.717, 1.165) is 55.4 Å². The molecule has 0 fully saturated rings. The molecule has 3 aromatic carbocycles. The predicted molar refractivity (Wildman–Crippen MR) is 123 cm³/mol. The number of aryl methyl sites for hydroxylation is 1. The fraction of sp³-hybridized carbons (Fsp3) is 0.385. The molecule has 0 spiro atoms. The molecule has 1 aliphatic rings. The molecule has 0 radical (unpaired) electrons. The summed E-state index contributed by atoms with van der Waals surface area (Å²) in [6.07, 6.45) is 0.969. The van der Waals surface area contributed by atoms with Gasteiger partial charge < -0.3 is 43.0 Å². The minimum Gasteiger partial charge on any atom is -1.00 e. The Morgan fingerprint density at radius 2 is 1.68 bits per heavy atom. The van der Waals surface area contributed by atoms with Crippen LogP contribution in [0.5, 0.6) is 17.2 Å². The van der Waals surface area contributed by atoms with Crippen LogP contribution in [0.15, 0.2) is 36.4 Å². The molecule has 0 aliphatic carbocycles. The van der Waals surface area contributed by atoms with Gasteiger partial charge in [0.25, 0.3) is 0 Å². The third kappa shape index (κ3) is 3.55. The Morgan fingerprint density at radius 1 is 1.00 bits per heavy atom. The lowest BCUT2D eigenvalue weighted by Gasteiger charge is -2.46. The lowest BCUT2D eigenvalue weighted by atomic mass is 9.83. The first-order valence-electron chi connectivity index (χ1n) is 10.5. The maximum absolute atomic E-state index is 11.5. The second-order valence-corrected chi connectivity index (χ2v) is 9.05. The van der Waals surface area contributed by atoms with Crippen molar-refractivity contribution in [3.8, 4) is 28.4 Å². The summed E-state index contributed by atoms with van der Waals surface area (Å²) in [6, 6.07) is 13.0. The number of benzene rings is 3. The fourth-order valence-electron chi connectivity index (χ4n) is 5.00. The van der Waals surface area contributed by atoms with E-state index in [1.165, 1.54) is 5.56 Å². The lowest BCUT2D eigenvalue weighted by Crippen LogP contribution is -3.00. The van der Waals surface area contributed by atoms with Crippen molar-refractivity contribution in [3.05, 3.63) is 53.1 Å². The standard InChI is InChI=1S/C26H31NO3.HI/c1-15-13-22(30-7)25-19(9-8-10-21(25)29-6)23(15)20-12-11-18-14-16(2)27(4,5)17(3)24(18)26(20)28;/h8-13,16-17H,14H2,1-7H3;1H/t16-,17-;/m1./s1. The van der Waals surface area contributed by atoms with Gasteiger partial charge in [-0.3, -0.25) is 0 Å². The number of hydrogen-bond donors (Lipinski definition) is 1. The molecule has 0 aromatic heterocycles. The van der Waals surface area contributed by atoms with Crippen molar-refractivity contribution in [3.63, 3.8) is 0 Å². The van der Waals surface area contributed by atoms with Crippen LogP contribution in [0.1, 0.15) is 36.6 Å². The SMILES string of the molecule is COc1cccc2c(-c3ccc4c(c3O)[C@@H](C)[N+](C)(C)[C@H](C)C4)c(C)cc(OC)c12.[I-]. The summed E-state index contributed by atoms with van der Waals surface area (Å²) in [5.74, 6) is 1.94. The highest BCUT2D eigenvalue weighted by Gasteiger charge is 2.40. The zero-order chi connectivity index (χ0) is 21.8. The third-order valence-electron chi connectivity index (χ3n) is 7.37. The third-order valence-corrected chi connectivity index (χ3v) is 7.37. The quantitative estimate of drug-likeness (QED) is 0.416. The van der Waals surface area contributed by atoms with Crippen LogP contribution in [0.4, 0.5) is 0 Å². The number of halogens is 1. The van der Waals surface area contributed by atoms with E-state index in [1.807, 2.05) is 18.2 Å². The van der Waals surface area contributed by atoms with Crippen LogP contribution in [-0.4, -0.2) is 43.9 Å². The molecule has 1 aliphatic heterocycles. The summed E-state index contributed by atoms with van der Waals surface area (Å²) in [7, 11) is 7.86. The number of rotatable bonds is 3. The smallest absolute Gasteiger partial charge is 0.132 e. The van der Waals surface area contributed by atoms with Crippen molar-refractivity contribution in [2.45, 2.75) is 39.3 Å². The first kappa shape index (κ1) is 23.7. The van der Waals surface area contributed by atoms with Crippen molar-refractivity contribution in [1.82, 2.24) is 0 Å². The molecule has 31 heavy (non-hydrogen) atoms. The Labute approximate surface area is 202 Å². The number of likely N-dealkylation sites (N-methyl/N-ethyl adjacent to an activating group) is 1. The van der Waals surface area contributed by atoms with E-state index in [0.29, 0.717) is 11.8 Å². The topological polar surface area (TPSA) is 38.7 Å². The van der Waals surface area contributed by atoms with Gasteiger partial charge in [0.05, 0.1) is 45.3 Å². The highest BCUT2D eigenvalue weighted by atomic mass is 127. The van der Waals surface area contributed by atoms with Gasteiger partial charge >= 0.3 is 0 Å². The number of phenolic OH excluding ortho intramolecular Hbond substituents is 1. The molecular formula is C26H32INO3. The van der Waals surface area contributed by atoms with Gasteiger partial charge in [-0.1, -0.05) is 24.3 Å². The summed E-state index contributed by atoms with van der Waals surface area (Å²) in [5, 5.41) is 13.5. The molecule has 0 unspecified atom stereocenters. The van der Waals surface area contributed by atoms with E-state index in [1.54, 1.807) is 14.2 Å². The van der Waals surface area contributed by atoms with Crippen molar-refractivity contribution >= 4 is 10.8 Å². The second-order valence-electron chi connectivity index (χ2n) is 9.05. The molecule has 4 nitrogen and oxygen atoms in total. The number of quaternary nitrogens is 1. The molecule has 2 atom stereocenters. The number of phenols is 1. The molecule has 166 valence electrons. The van der Waals surface area contributed by atoms with Gasteiger partial charge in [0.15, 0.2) is 0 Å². The Morgan fingerprint density at radius 3 is 2.32 bits per heavy atom. The van der Waals surface area contributed by atoms with Gasteiger partial charge in [0.2, 0.25) is 0 Å². The maximum atomic E-state index is 11.5. The zero-order valence-corrected chi connectivity index (χ0v) is 21.6. The Kier molecular flexibility index (Phi) is 6.50. The number of aromatic hydroxyl groups is 1. The van der Waals surface area contributed by atoms with Crippen LogP contribution in [0.3, 0.4) is 0 Å². The number of nitrogens with zero attached hydrogens (tertiary/aromatic N) is 1. The second kappa shape index (κ2) is 8.51. The fourth-order valence-corrected chi connectivity index (χ4v) is 5.00. The van der Waals surface area contributed by atoms with Crippen LogP contribution < -0.4 is 33.5 Å². The Balaban J connectivity index is 0.00000272. The summed E-state index contributed by atoms with van der Waals surface area (Å²) in [4.78, 5) is 0. The van der Waals surface area contributed by atoms with E-state index in [2.05, 4.69) is 53.1 Å². The van der Waals surface area contributed by atoms with Gasteiger partial charge in [0.1, 0.15) is 23.3 Å². The predicted octanol–water partition coefficient (Wildman–Crippen LogP) is 2.62. The van der Waals surface area contributed by atoms with Gasteiger partial charge in [-0.25, -0.2) is 0 Å². The largest absolute Gasteiger partial charge is 1.00 e. The van der Waals surface area contributed by atoms with E-state index in [4.69, 9.17) is 9.47 Å². The molecule has 3 aromatic rings. The average Bonchev–Trinajstić information content (AvgIpc) is 2.72. The highest BCUT2D eigenvalue weighted by Crippen LogP contribution is 2.49. The molecule has 0 saturated carbocycles. The molecule has 1 heterocycles. The van der Waals surface area contributed by atoms with Crippen molar-refractivity contribution in [2.75, 3.05) is 28.3 Å². The lowest BCUT2D eigenvalue weighted by molar-refractivity contribution is -0.943. The van der Waals surface area contributed by atoms with Crippen LogP contribution >= 0.6 is 0 Å². The first-order chi connectivity index (χ1) is 14.2. The van der Waals surface area contributed by atoms with Crippen LogP contribution in [0, 0.1) is 6.92 Å². The van der Waals surface area contributed by atoms with Crippen LogP contribution in [0.2, 0.25) is 0 Å². The van der Waals surface area contributed by atoms with Crippen LogP contribution in [-0.2, 0) is 6.42 Å². The molecule has 0 amide bonds. The van der Waals surface area contributed by atoms with Crippen molar-refractivity contribution in [1.29, 1.82) is 0 Å². The molecule has 0 bridgehead atoms. The summed E-state index contributed by atoms with van der Waals surface area (Å²) < 4.78 is 12.2. The minimum atomic E-state index is 0. The monoisotopic (exact) mass is 533 g/mol. The van der Waals surface area contributed by atoms with Crippen LogP contribution in [0.25, 0.3) is 21.9 Å². The van der Waals surface area contributed by atoms with Gasteiger partial charge in [-0.15, -0.1) is 0 Å². The first-order valence-corrected chi connectivity index (χ1v) is 10.5. The average molecular weight is 533 g/mol. The molecular weight excluding hydrogens is 501 g/mol. The molecule has 0 saturated heterocycles. The molecule has 5 heteroatoms. The van der Waals surface area contributed by atoms with E-state index < -0.39 is 0 Å². The summed E-state index contributed by atoms with van der Waals surface area (Å²) in [6.45, 7) is 6.58. The normalized spacial score (nSPS) is 19.5. The summed E-state index contributed by atoms with van der Waals surface area (Å²) >= 11 is 0. The Bertz CT molecular complexity index is 1140. The van der Waals surface area contributed by atoms with Crippen molar-refractivity contribution < 1.29 is 43.0 Å².